The van der Waals surface area contributed by atoms with E-state index in [4.69, 9.17) is 5.73 Å². The van der Waals surface area contributed by atoms with Gasteiger partial charge in [-0.3, -0.25) is 4.79 Å². The van der Waals surface area contributed by atoms with Crippen LogP contribution >= 0.6 is 0 Å². The minimum Gasteiger partial charge on any atom is -0.352 e. The van der Waals surface area contributed by atoms with Gasteiger partial charge in [0.25, 0.3) is 0 Å². The number of rotatable bonds is 5. The van der Waals surface area contributed by atoms with Gasteiger partial charge in [0.2, 0.25) is 5.91 Å². The van der Waals surface area contributed by atoms with E-state index in [1.165, 1.54) is 19.3 Å². The highest BCUT2D eigenvalue weighted by molar-refractivity contribution is 7.90. The summed E-state index contributed by atoms with van der Waals surface area (Å²) in [6, 6.07) is -0.516. The molecule has 1 aliphatic carbocycles. The summed E-state index contributed by atoms with van der Waals surface area (Å²) in [4.78, 5) is 11.9. The molecule has 1 saturated carbocycles. The molecule has 0 bridgehead atoms. The topological polar surface area (TPSA) is 89.3 Å². The predicted molar refractivity (Wildman–Crippen MR) is 76.6 cm³/mol. The lowest BCUT2D eigenvalue weighted by Crippen LogP contribution is -2.46. The third kappa shape index (κ3) is 7.52. The normalized spacial score (nSPS) is 20.3. The molecular weight excluding hydrogens is 264 g/mol. The molecule has 1 atom stereocenters. The van der Waals surface area contributed by atoms with Gasteiger partial charge in [-0.1, -0.05) is 32.1 Å². The first-order chi connectivity index (χ1) is 8.88. The van der Waals surface area contributed by atoms with Crippen molar-refractivity contribution in [2.75, 3.05) is 12.0 Å². The van der Waals surface area contributed by atoms with Crippen molar-refractivity contribution in [1.29, 1.82) is 0 Å². The molecule has 3 N–H and O–H groups in total. The number of carbonyl (C=O) groups is 1. The molecule has 0 aromatic heterocycles. The van der Waals surface area contributed by atoms with E-state index in [1.807, 2.05) is 0 Å². The Morgan fingerprint density at radius 3 is 2.26 bits per heavy atom. The van der Waals surface area contributed by atoms with E-state index in [2.05, 4.69) is 5.32 Å². The maximum atomic E-state index is 11.9. The van der Waals surface area contributed by atoms with Crippen LogP contribution < -0.4 is 11.1 Å². The van der Waals surface area contributed by atoms with Gasteiger partial charge in [-0.05, 0) is 19.3 Å². The van der Waals surface area contributed by atoms with Crippen LogP contribution in [0, 0.1) is 0 Å². The first-order valence-corrected chi connectivity index (χ1v) is 9.18. The van der Waals surface area contributed by atoms with E-state index in [0.29, 0.717) is 0 Å². The molecule has 1 unspecified atom stereocenters. The smallest absolute Gasteiger partial charge is 0.237 e. The predicted octanol–water partition coefficient (Wildman–Crippen LogP) is 0.978. The Labute approximate surface area is 116 Å². The first-order valence-electron chi connectivity index (χ1n) is 7.12. The second-order valence-corrected chi connectivity index (χ2v) is 7.84. The van der Waals surface area contributed by atoms with Crippen molar-refractivity contribution in [3.8, 4) is 0 Å². The lowest BCUT2D eigenvalue weighted by atomic mass is 9.96. The number of hydrogen-bond donors (Lipinski definition) is 2. The van der Waals surface area contributed by atoms with E-state index in [9.17, 15) is 13.2 Å². The quantitative estimate of drug-likeness (QED) is 0.790. The van der Waals surface area contributed by atoms with Crippen molar-refractivity contribution < 1.29 is 13.2 Å². The summed E-state index contributed by atoms with van der Waals surface area (Å²) >= 11 is 0. The number of nitrogens with one attached hydrogen (secondary N) is 1. The summed E-state index contributed by atoms with van der Waals surface area (Å²) in [5, 5.41) is 2.96. The number of carbonyl (C=O) groups excluding carboxylic acids is 1. The minimum atomic E-state index is -3.06. The molecule has 6 heteroatoms. The molecular formula is C13H26N2O3S. The van der Waals surface area contributed by atoms with Crippen LogP contribution in [0.3, 0.4) is 0 Å². The number of hydrogen-bond acceptors (Lipinski definition) is 4. The SMILES string of the molecule is CS(=O)(=O)CCC(N)C(=O)NC1CCCCCCC1. The van der Waals surface area contributed by atoms with Crippen LogP contribution in [0.25, 0.3) is 0 Å². The molecule has 0 spiro atoms. The fourth-order valence-corrected chi connectivity index (χ4v) is 3.06. The van der Waals surface area contributed by atoms with Crippen LogP contribution in [0.5, 0.6) is 0 Å². The standard InChI is InChI=1S/C13H26N2O3S/c1-19(17,18)10-9-12(14)13(16)15-11-7-5-3-2-4-6-8-11/h11-12H,2-10,14H2,1H3,(H,15,16). The van der Waals surface area contributed by atoms with Crippen molar-refractivity contribution in [3.63, 3.8) is 0 Å². The van der Waals surface area contributed by atoms with Crippen molar-refractivity contribution in [3.05, 3.63) is 0 Å². The molecule has 0 aliphatic heterocycles. The Kier molecular flexibility index (Phi) is 6.79. The Morgan fingerprint density at radius 1 is 1.21 bits per heavy atom. The third-order valence-electron chi connectivity index (χ3n) is 3.59. The van der Waals surface area contributed by atoms with Gasteiger partial charge in [0.05, 0.1) is 11.8 Å². The average Bonchev–Trinajstić information content (AvgIpc) is 2.28. The van der Waals surface area contributed by atoms with Crippen molar-refractivity contribution in [1.82, 2.24) is 5.32 Å². The van der Waals surface area contributed by atoms with E-state index in [1.54, 1.807) is 0 Å². The van der Waals surface area contributed by atoms with E-state index >= 15 is 0 Å². The fraction of sp³-hybridized carbons (Fsp3) is 0.923. The van der Waals surface area contributed by atoms with Crippen LogP contribution in [0.1, 0.15) is 51.4 Å². The largest absolute Gasteiger partial charge is 0.352 e. The van der Waals surface area contributed by atoms with Gasteiger partial charge in [0.15, 0.2) is 0 Å². The van der Waals surface area contributed by atoms with Crippen LogP contribution in [0.4, 0.5) is 0 Å². The van der Waals surface area contributed by atoms with Crippen LogP contribution in [-0.2, 0) is 14.6 Å². The number of nitrogens with two attached hydrogens (primary N) is 1. The summed E-state index contributed by atoms with van der Waals surface area (Å²) in [6.07, 6.45) is 9.39. The molecule has 0 aromatic rings. The summed E-state index contributed by atoms with van der Waals surface area (Å²) in [5.41, 5.74) is 5.74. The fourth-order valence-electron chi connectivity index (χ4n) is 2.38. The zero-order valence-corrected chi connectivity index (χ0v) is 12.5. The van der Waals surface area contributed by atoms with Gasteiger partial charge in [0, 0.05) is 12.3 Å². The minimum absolute atomic E-state index is 0.0355. The van der Waals surface area contributed by atoms with Gasteiger partial charge in [-0.15, -0.1) is 0 Å². The highest BCUT2D eigenvalue weighted by atomic mass is 32.2. The molecule has 0 radical (unpaired) electrons. The molecule has 19 heavy (non-hydrogen) atoms. The lowest BCUT2D eigenvalue weighted by molar-refractivity contribution is -0.123. The summed E-state index contributed by atoms with van der Waals surface area (Å²) in [6.45, 7) is 0. The van der Waals surface area contributed by atoms with Crippen molar-refractivity contribution in [2.45, 2.75) is 63.5 Å². The molecule has 1 rings (SSSR count). The molecule has 5 nitrogen and oxygen atoms in total. The third-order valence-corrected chi connectivity index (χ3v) is 4.57. The van der Waals surface area contributed by atoms with E-state index in [-0.39, 0.29) is 24.1 Å². The second kappa shape index (κ2) is 7.85. The molecule has 1 amide bonds. The highest BCUT2D eigenvalue weighted by Crippen LogP contribution is 2.17. The maximum Gasteiger partial charge on any atom is 0.237 e. The van der Waals surface area contributed by atoms with Gasteiger partial charge < -0.3 is 11.1 Å². The highest BCUT2D eigenvalue weighted by Gasteiger charge is 2.19. The summed E-state index contributed by atoms with van der Waals surface area (Å²) in [7, 11) is -3.06. The Bertz CT molecular complexity index is 373. The Hall–Kier alpha value is -0.620. The molecule has 0 saturated heterocycles. The summed E-state index contributed by atoms with van der Waals surface area (Å²) in [5.74, 6) is -0.249. The van der Waals surface area contributed by atoms with Crippen LogP contribution in [0.15, 0.2) is 0 Å². The number of sulfone groups is 1. The zero-order valence-electron chi connectivity index (χ0n) is 11.7. The Morgan fingerprint density at radius 2 is 1.74 bits per heavy atom. The zero-order chi connectivity index (χ0) is 14.3. The van der Waals surface area contributed by atoms with E-state index in [0.717, 1.165) is 31.9 Å². The first kappa shape index (κ1) is 16.4. The summed E-state index contributed by atoms with van der Waals surface area (Å²) < 4.78 is 22.1. The van der Waals surface area contributed by atoms with Crippen LogP contribution in [-0.4, -0.2) is 38.4 Å². The van der Waals surface area contributed by atoms with Gasteiger partial charge in [0.1, 0.15) is 9.84 Å². The van der Waals surface area contributed by atoms with Gasteiger partial charge >= 0.3 is 0 Å². The molecule has 0 aromatic carbocycles. The van der Waals surface area contributed by atoms with Crippen molar-refractivity contribution in [2.24, 2.45) is 5.73 Å². The number of amides is 1. The molecule has 1 fully saturated rings. The monoisotopic (exact) mass is 290 g/mol. The average molecular weight is 290 g/mol. The van der Waals surface area contributed by atoms with Crippen molar-refractivity contribution >= 4 is 15.7 Å². The van der Waals surface area contributed by atoms with Gasteiger partial charge in [-0.2, -0.15) is 0 Å². The van der Waals surface area contributed by atoms with E-state index < -0.39 is 15.9 Å². The molecule has 1 aliphatic rings. The van der Waals surface area contributed by atoms with Gasteiger partial charge in [-0.25, -0.2) is 8.42 Å². The Balaban J connectivity index is 2.35. The van der Waals surface area contributed by atoms with Crippen LogP contribution in [0.2, 0.25) is 0 Å². The lowest BCUT2D eigenvalue weighted by Gasteiger charge is -2.22. The molecule has 112 valence electrons. The second-order valence-electron chi connectivity index (χ2n) is 5.58. The maximum absolute atomic E-state index is 11.9. The molecule has 0 heterocycles.